The number of aromatic nitrogens is 2. The molecule has 0 radical (unpaired) electrons. The normalized spacial score (nSPS) is 14.3. The van der Waals surface area contributed by atoms with Crippen molar-refractivity contribution in [2.24, 2.45) is 0 Å². The Labute approximate surface area is 113 Å². The molecule has 1 aliphatic heterocycles. The number of nitrogens with zero attached hydrogens (tertiary/aromatic N) is 2. The van der Waals surface area contributed by atoms with E-state index in [2.05, 4.69) is 4.98 Å². The van der Waals surface area contributed by atoms with Gasteiger partial charge < -0.3 is 4.57 Å². The second-order valence-corrected chi connectivity index (χ2v) is 4.76. The largest absolute Gasteiger partial charge is 0.416 e. The van der Waals surface area contributed by atoms with Crippen LogP contribution in [0.3, 0.4) is 0 Å². The van der Waals surface area contributed by atoms with Crippen molar-refractivity contribution in [2.75, 3.05) is 0 Å². The second kappa shape index (κ2) is 4.47. The quantitative estimate of drug-likeness (QED) is 0.752. The molecule has 20 heavy (non-hydrogen) atoms. The van der Waals surface area contributed by atoms with E-state index in [1.54, 1.807) is 4.57 Å². The monoisotopic (exact) mass is 280 g/mol. The zero-order valence-corrected chi connectivity index (χ0v) is 10.4. The summed E-state index contributed by atoms with van der Waals surface area (Å²) in [6.45, 7) is 0. The minimum Gasteiger partial charge on any atom is -0.302 e. The fraction of sp³-hybridized carbons (Fsp3) is 0.286. The Bertz CT molecular complexity index is 674. The van der Waals surface area contributed by atoms with Crippen molar-refractivity contribution in [3.8, 4) is 5.69 Å². The molecule has 1 aromatic carbocycles. The van der Waals surface area contributed by atoms with Gasteiger partial charge in [0.15, 0.2) is 6.29 Å². The minimum absolute atomic E-state index is 0.359. The van der Waals surface area contributed by atoms with Gasteiger partial charge in [0.05, 0.1) is 16.9 Å². The van der Waals surface area contributed by atoms with Crippen LogP contribution < -0.4 is 0 Å². The van der Waals surface area contributed by atoms with Gasteiger partial charge in [-0.15, -0.1) is 0 Å². The Morgan fingerprint density at radius 3 is 2.75 bits per heavy atom. The first-order chi connectivity index (χ1) is 9.50. The number of hydrogen-bond donors (Lipinski definition) is 0. The van der Waals surface area contributed by atoms with Gasteiger partial charge in [0.25, 0.3) is 0 Å². The van der Waals surface area contributed by atoms with Crippen LogP contribution >= 0.6 is 0 Å². The summed E-state index contributed by atoms with van der Waals surface area (Å²) in [6, 6.07) is 3.70. The fourth-order valence-corrected chi connectivity index (χ4v) is 2.59. The standard InChI is InChI=1S/C14H11F3N2O/c15-14(16,17)10-4-5-12-9(6-10)2-1-3-13-11(7-20)18-8-19(12)13/h4-8H,1-3H2. The van der Waals surface area contributed by atoms with Crippen molar-refractivity contribution in [1.82, 2.24) is 9.55 Å². The van der Waals surface area contributed by atoms with Crippen LogP contribution in [-0.2, 0) is 19.0 Å². The molecule has 2 heterocycles. The van der Waals surface area contributed by atoms with Crippen LogP contribution in [0.15, 0.2) is 24.5 Å². The van der Waals surface area contributed by atoms with E-state index < -0.39 is 11.7 Å². The molecule has 1 aliphatic rings. The molecule has 0 unspecified atom stereocenters. The van der Waals surface area contributed by atoms with E-state index in [4.69, 9.17) is 0 Å². The SMILES string of the molecule is O=Cc1ncn2c1CCCc1cc(C(F)(F)F)ccc1-2. The van der Waals surface area contributed by atoms with Crippen molar-refractivity contribution in [2.45, 2.75) is 25.4 Å². The average Bonchev–Trinajstić information content (AvgIpc) is 2.72. The first-order valence-corrected chi connectivity index (χ1v) is 6.22. The molecule has 0 amide bonds. The summed E-state index contributed by atoms with van der Waals surface area (Å²) < 4.78 is 40.0. The van der Waals surface area contributed by atoms with Gasteiger partial charge in [0, 0.05) is 0 Å². The van der Waals surface area contributed by atoms with E-state index in [-0.39, 0.29) is 0 Å². The van der Waals surface area contributed by atoms with Gasteiger partial charge in [-0.25, -0.2) is 4.98 Å². The van der Waals surface area contributed by atoms with Crippen LogP contribution in [0.4, 0.5) is 13.2 Å². The van der Waals surface area contributed by atoms with Crippen LogP contribution in [0.25, 0.3) is 5.69 Å². The van der Waals surface area contributed by atoms with Crippen molar-refractivity contribution in [3.05, 3.63) is 47.0 Å². The molecule has 0 N–H and O–H groups in total. The van der Waals surface area contributed by atoms with Gasteiger partial charge in [-0.1, -0.05) is 0 Å². The lowest BCUT2D eigenvalue weighted by molar-refractivity contribution is -0.137. The molecule has 6 heteroatoms. The van der Waals surface area contributed by atoms with E-state index in [9.17, 15) is 18.0 Å². The van der Waals surface area contributed by atoms with Crippen LogP contribution in [0.1, 0.15) is 33.7 Å². The smallest absolute Gasteiger partial charge is 0.302 e. The highest BCUT2D eigenvalue weighted by Crippen LogP contribution is 2.33. The number of aryl methyl sites for hydroxylation is 1. The fourth-order valence-electron chi connectivity index (χ4n) is 2.59. The summed E-state index contributed by atoms with van der Waals surface area (Å²) in [5.41, 5.74) is 1.78. The molecule has 104 valence electrons. The molecule has 2 aromatic rings. The summed E-state index contributed by atoms with van der Waals surface area (Å²) >= 11 is 0. The molecule has 0 aliphatic carbocycles. The van der Waals surface area contributed by atoms with E-state index in [0.29, 0.717) is 42.5 Å². The summed E-state index contributed by atoms with van der Waals surface area (Å²) in [5.74, 6) is 0. The first-order valence-electron chi connectivity index (χ1n) is 6.22. The summed E-state index contributed by atoms with van der Waals surface area (Å²) in [5, 5.41) is 0. The van der Waals surface area contributed by atoms with Crippen molar-refractivity contribution < 1.29 is 18.0 Å². The molecule has 0 bridgehead atoms. The summed E-state index contributed by atoms with van der Waals surface area (Å²) in [7, 11) is 0. The Hall–Kier alpha value is -2.11. The molecular formula is C14H11F3N2O. The second-order valence-electron chi connectivity index (χ2n) is 4.76. The van der Waals surface area contributed by atoms with Gasteiger partial charge in [0.2, 0.25) is 0 Å². The maximum absolute atomic E-state index is 12.7. The number of alkyl halides is 3. The number of imidazole rings is 1. The van der Waals surface area contributed by atoms with Crippen molar-refractivity contribution in [1.29, 1.82) is 0 Å². The predicted molar refractivity (Wildman–Crippen MR) is 66.0 cm³/mol. The lowest BCUT2D eigenvalue weighted by Crippen LogP contribution is -2.07. The van der Waals surface area contributed by atoms with E-state index in [1.807, 2.05) is 0 Å². The summed E-state index contributed by atoms with van der Waals surface area (Å²) in [6.07, 6.45) is -0.283. The molecule has 3 nitrogen and oxygen atoms in total. The Kier molecular flexibility index (Phi) is 2.88. The molecule has 0 fully saturated rings. The third-order valence-electron chi connectivity index (χ3n) is 3.54. The number of hydrogen-bond acceptors (Lipinski definition) is 2. The number of carbonyl (C=O) groups excluding carboxylic acids is 1. The zero-order valence-electron chi connectivity index (χ0n) is 10.4. The molecule has 0 saturated carbocycles. The topological polar surface area (TPSA) is 34.9 Å². The summed E-state index contributed by atoms with van der Waals surface area (Å²) in [4.78, 5) is 14.9. The first kappa shape index (κ1) is 12.9. The van der Waals surface area contributed by atoms with Gasteiger partial charge >= 0.3 is 6.18 Å². The van der Waals surface area contributed by atoms with Crippen LogP contribution in [0.2, 0.25) is 0 Å². The number of benzene rings is 1. The zero-order chi connectivity index (χ0) is 14.3. The number of fused-ring (bicyclic) bond motifs is 3. The highest BCUT2D eigenvalue weighted by Gasteiger charge is 2.31. The molecule has 0 saturated heterocycles. The average molecular weight is 280 g/mol. The molecule has 0 spiro atoms. The number of carbonyl (C=O) groups is 1. The highest BCUT2D eigenvalue weighted by atomic mass is 19.4. The van der Waals surface area contributed by atoms with Gasteiger partial charge in [0.1, 0.15) is 12.0 Å². The maximum Gasteiger partial charge on any atom is 0.416 e. The molecule has 3 rings (SSSR count). The number of aldehydes is 1. The highest BCUT2D eigenvalue weighted by molar-refractivity contribution is 5.74. The van der Waals surface area contributed by atoms with Gasteiger partial charge in [-0.2, -0.15) is 13.2 Å². The number of rotatable bonds is 1. The Balaban J connectivity index is 2.16. The molecular weight excluding hydrogens is 269 g/mol. The van der Waals surface area contributed by atoms with Crippen molar-refractivity contribution >= 4 is 6.29 Å². The lowest BCUT2D eigenvalue weighted by atomic mass is 10.0. The molecule has 1 aromatic heterocycles. The van der Waals surface area contributed by atoms with E-state index >= 15 is 0 Å². The Morgan fingerprint density at radius 1 is 1.25 bits per heavy atom. The lowest BCUT2D eigenvalue weighted by Gasteiger charge is -2.13. The van der Waals surface area contributed by atoms with Gasteiger partial charge in [-0.05, 0) is 43.0 Å². The van der Waals surface area contributed by atoms with Crippen LogP contribution in [-0.4, -0.2) is 15.8 Å². The maximum atomic E-state index is 12.7. The van der Waals surface area contributed by atoms with Gasteiger partial charge in [-0.3, -0.25) is 4.79 Å². The Morgan fingerprint density at radius 2 is 2.05 bits per heavy atom. The number of halogens is 3. The van der Waals surface area contributed by atoms with Crippen LogP contribution in [0.5, 0.6) is 0 Å². The van der Waals surface area contributed by atoms with E-state index in [0.717, 1.165) is 11.8 Å². The third kappa shape index (κ3) is 2.01. The van der Waals surface area contributed by atoms with E-state index in [1.165, 1.54) is 18.5 Å². The minimum atomic E-state index is -4.34. The molecule has 0 atom stereocenters. The predicted octanol–water partition coefficient (Wildman–Crippen LogP) is 3.19. The van der Waals surface area contributed by atoms with Crippen molar-refractivity contribution in [3.63, 3.8) is 0 Å². The van der Waals surface area contributed by atoms with Crippen LogP contribution in [0, 0.1) is 0 Å². The third-order valence-corrected chi connectivity index (χ3v) is 3.54.